The summed E-state index contributed by atoms with van der Waals surface area (Å²) in [6.45, 7) is 1.90. The van der Waals surface area contributed by atoms with Gasteiger partial charge in [0.2, 0.25) is 10.0 Å². The maximum absolute atomic E-state index is 12.7. The highest BCUT2D eigenvalue weighted by molar-refractivity contribution is 7.89. The lowest BCUT2D eigenvalue weighted by molar-refractivity contribution is 0.0730. The molecule has 0 aliphatic carbocycles. The molecule has 0 radical (unpaired) electrons. The number of nitrogens with zero attached hydrogens (tertiary/aromatic N) is 1. The molecule has 0 aromatic heterocycles. The van der Waals surface area contributed by atoms with E-state index in [1.165, 1.54) is 29.6 Å². The number of hydrogen-bond donors (Lipinski definition) is 2. The molecule has 1 aromatic rings. The number of amides is 1. The van der Waals surface area contributed by atoms with Crippen molar-refractivity contribution in [2.75, 3.05) is 46.5 Å². The molecular weight excluding hydrogens is 322 g/mol. The zero-order valence-corrected chi connectivity index (χ0v) is 13.8. The standard InChI is InChI=1S/C14H21N3O5S/c1-21-13-3-2-11(10-12(13)14(18)16-5-4-15)23(19,20)17-6-8-22-9-7-17/h2-3,10H,4-9,15H2,1H3,(H,16,18). The minimum absolute atomic E-state index is 0.0538. The van der Waals surface area contributed by atoms with Gasteiger partial charge in [0.15, 0.2) is 0 Å². The van der Waals surface area contributed by atoms with Crippen molar-refractivity contribution in [2.45, 2.75) is 4.90 Å². The number of morpholine rings is 1. The van der Waals surface area contributed by atoms with Crippen molar-refractivity contribution in [3.8, 4) is 5.75 Å². The molecule has 0 spiro atoms. The Hall–Kier alpha value is -1.68. The largest absolute Gasteiger partial charge is 0.496 e. The summed E-state index contributed by atoms with van der Waals surface area (Å²) in [6.07, 6.45) is 0. The van der Waals surface area contributed by atoms with E-state index in [1.54, 1.807) is 0 Å². The van der Waals surface area contributed by atoms with E-state index in [0.29, 0.717) is 45.1 Å². The normalized spacial score (nSPS) is 16.1. The fourth-order valence-corrected chi connectivity index (χ4v) is 3.68. The van der Waals surface area contributed by atoms with Gasteiger partial charge in [0.25, 0.3) is 5.91 Å². The summed E-state index contributed by atoms with van der Waals surface area (Å²) in [5.74, 6) is -0.119. The van der Waals surface area contributed by atoms with Crippen molar-refractivity contribution >= 4 is 15.9 Å². The van der Waals surface area contributed by atoms with Crippen LogP contribution in [0.5, 0.6) is 5.75 Å². The number of rotatable bonds is 6. The van der Waals surface area contributed by atoms with Crippen molar-refractivity contribution < 1.29 is 22.7 Å². The quantitative estimate of drug-likeness (QED) is 0.714. The predicted octanol–water partition coefficient (Wildman–Crippen LogP) is -0.595. The van der Waals surface area contributed by atoms with Gasteiger partial charge in [-0.3, -0.25) is 4.79 Å². The highest BCUT2D eigenvalue weighted by Gasteiger charge is 2.27. The fraction of sp³-hybridized carbons (Fsp3) is 0.500. The number of carbonyl (C=O) groups excluding carboxylic acids is 1. The lowest BCUT2D eigenvalue weighted by Gasteiger charge is -2.26. The minimum Gasteiger partial charge on any atom is -0.496 e. The third-order valence-corrected chi connectivity index (χ3v) is 5.35. The Morgan fingerprint density at radius 1 is 1.39 bits per heavy atom. The Labute approximate surface area is 135 Å². The Morgan fingerprint density at radius 3 is 2.70 bits per heavy atom. The van der Waals surface area contributed by atoms with Gasteiger partial charge in [0.1, 0.15) is 5.75 Å². The van der Waals surface area contributed by atoms with E-state index in [4.69, 9.17) is 15.2 Å². The average Bonchev–Trinajstić information content (AvgIpc) is 2.59. The van der Waals surface area contributed by atoms with E-state index in [-0.39, 0.29) is 10.5 Å². The number of methoxy groups -OCH3 is 1. The molecule has 0 atom stereocenters. The van der Waals surface area contributed by atoms with Crippen LogP contribution in [-0.4, -0.2) is 65.1 Å². The molecule has 2 rings (SSSR count). The van der Waals surface area contributed by atoms with Crippen LogP contribution < -0.4 is 15.8 Å². The van der Waals surface area contributed by atoms with E-state index >= 15 is 0 Å². The second kappa shape index (κ2) is 7.73. The van der Waals surface area contributed by atoms with Gasteiger partial charge < -0.3 is 20.5 Å². The summed E-state index contributed by atoms with van der Waals surface area (Å²) in [6, 6.07) is 4.24. The van der Waals surface area contributed by atoms with Gasteiger partial charge in [-0.2, -0.15) is 4.31 Å². The fourth-order valence-electron chi connectivity index (χ4n) is 2.24. The van der Waals surface area contributed by atoms with E-state index in [0.717, 1.165) is 0 Å². The molecule has 8 nitrogen and oxygen atoms in total. The van der Waals surface area contributed by atoms with Crippen LogP contribution in [0.2, 0.25) is 0 Å². The number of benzene rings is 1. The molecule has 1 aliphatic rings. The average molecular weight is 343 g/mol. The number of hydrogen-bond acceptors (Lipinski definition) is 6. The first-order chi connectivity index (χ1) is 11.0. The van der Waals surface area contributed by atoms with Crippen molar-refractivity contribution in [2.24, 2.45) is 5.73 Å². The maximum atomic E-state index is 12.7. The monoisotopic (exact) mass is 343 g/mol. The molecule has 0 bridgehead atoms. The van der Waals surface area contributed by atoms with Crippen LogP contribution in [0.3, 0.4) is 0 Å². The second-order valence-electron chi connectivity index (χ2n) is 4.92. The molecule has 23 heavy (non-hydrogen) atoms. The Balaban J connectivity index is 2.34. The van der Waals surface area contributed by atoms with Crippen LogP contribution in [0.4, 0.5) is 0 Å². The summed E-state index contributed by atoms with van der Waals surface area (Å²) >= 11 is 0. The molecule has 1 amide bonds. The summed E-state index contributed by atoms with van der Waals surface area (Å²) in [5, 5.41) is 2.61. The van der Waals surface area contributed by atoms with Crippen molar-refractivity contribution in [1.82, 2.24) is 9.62 Å². The number of nitrogens with one attached hydrogen (secondary N) is 1. The molecule has 9 heteroatoms. The zero-order valence-electron chi connectivity index (χ0n) is 12.9. The van der Waals surface area contributed by atoms with E-state index in [2.05, 4.69) is 5.32 Å². The summed E-state index contributed by atoms with van der Waals surface area (Å²) in [4.78, 5) is 12.2. The van der Waals surface area contributed by atoms with E-state index < -0.39 is 15.9 Å². The zero-order chi connectivity index (χ0) is 16.9. The van der Waals surface area contributed by atoms with Crippen LogP contribution in [0.25, 0.3) is 0 Å². The molecule has 0 saturated carbocycles. The highest BCUT2D eigenvalue weighted by Crippen LogP contribution is 2.25. The number of carbonyl (C=O) groups is 1. The first kappa shape index (κ1) is 17.7. The summed E-state index contributed by atoms with van der Waals surface area (Å²) in [5.41, 5.74) is 5.52. The van der Waals surface area contributed by atoms with Crippen LogP contribution >= 0.6 is 0 Å². The van der Waals surface area contributed by atoms with Crippen LogP contribution in [-0.2, 0) is 14.8 Å². The molecule has 1 aliphatic heterocycles. The first-order valence-electron chi connectivity index (χ1n) is 7.25. The molecule has 0 unspecified atom stereocenters. The minimum atomic E-state index is -3.67. The van der Waals surface area contributed by atoms with Gasteiger partial charge in [-0.15, -0.1) is 0 Å². The molecule has 1 saturated heterocycles. The third kappa shape index (κ3) is 3.99. The van der Waals surface area contributed by atoms with E-state index in [9.17, 15) is 13.2 Å². The van der Waals surface area contributed by atoms with Gasteiger partial charge in [-0.05, 0) is 18.2 Å². The molecule has 128 valence electrons. The predicted molar refractivity (Wildman–Crippen MR) is 84.0 cm³/mol. The number of ether oxygens (including phenoxy) is 2. The van der Waals surface area contributed by atoms with E-state index in [1.807, 2.05) is 0 Å². The smallest absolute Gasteiger partial charge is 0.255 e. The van der Waals surface area contributed by atoms with Crippen molar-refractivity contribution in [3.63, 3.8) is 0 Å². The SMILES string of the molecule is COc1ccc(S(=O)(=O)N2CCOCC2)cc1C(=O)NCCN. The van der Waals surface area contributed by atoms with Crippen molar-refractivity contribution in [1.29, 1.82) is 0 Å². The van der Waals surface area contributed by atoms with Crippen molar-refractivity contribution in [3.05, 3.63) is 23.8 Å². The molecule has 3 N–H and O–H groups in total. The lowest BCUT2D eigenvalue weighted by Crippen LogP contribution is -2.40. The first-order valence-corrected chi connectivity index (χ1v) is 8.69. The van der Waals surface area contributed by atoms with Gasteiger partial charge in [0.05, 0.1) is 30.8 Å². The van der Waals surface area contributed by atoms with Crippen LogP contribution in [0.15, 0.2) is 23.1 Å². The number of sulfonamides is 1. The van der Waals surface area contributed by atoms with Gasteiger partial charge >= 0.3 is 0 Å². The third-order valence-electron chi connectivity index (χ3n) is 3.45. The number of nitrogens with two attached hydrogens (primary N) is 1. The second-order valence-corrected chi connectivity index (χ2v) is 6.86. The van der Waals surface area contributed by atoms with Gasteiger partial charge in [0, 0.05) is 26.2 Å². The van der Waals surface area contributed by atoms with Gasteiger partial charge in [-0.25, -0.2) is 8.42 Å². The Bertz CT molecular complexity index is 656. The van der Waals surface area contributed by atoms with Crippen LogP contribution in [0, 0.1) is 0 Å². The summed E-state index contributed by atoms with van der Waals surface area (Å²) in [7, 11) is -2.25. The maximum Gasteiger partial charge on any atom is 0.255 e. The Morgan fingerprint density at radius 2 is 2.09 bits per heavy atom. The topological polar surface area (TPSA) is 111 Å². The Kier molecular flexibility index (Phi) is 5.94. The molecule has 1 fully saturated rings. The highest BCUT2D eigenvalue weighted by atomic mass is 32.2. The lowest BCUT2D eigenvalue weighted by atomic mass is 10.2. The molecule has 1 heterocycles. The summed E-state index contributed by atoms with van der Waals surface area (Å²) < 4.78 is 37.0. The molecule has 1 aromatic carbocycles. The molecular formula is C14H21N3O5S. The van der Waals surface area contributed by atoms with Crippen LogP contribution in [0.1, 0.15) is 10.4 Å². The van der Waals surface area contributed by atoms with Gasteiger partial charge in [-0.1, -0.05) is 0 Å².